The van der Waals surface area contributed by atoms with Crippen LogP contribution in [0.25, 0.3) is 0 Å². The molecule has 144 valence electrons. The van der Waals surface area contributed by atoms with E-state index in [1.54, 1.807) is 13.0 Å². The molecule has 0 spiro atoms. The van der Waals surface area contributed by atoms with Crippen molar-refractivity contribution >= 4 is 23.3 Å². The Kier molecular flexibility index (Phi) is 5.84. The van der Waals surface area contributed by atoms with E-state index in [1.165, 1.54) is 18.3 Å². The van der Waals surface area contributed by atoms with E-state index in [-0.39, 0.29) is 11.6 Å². The third kappa shape index (κ3) is 4.25. The Morgan fingerprint density at radius 3 is 2.32 bits per heavy atom. The molecule has 2 aromatic heterocycles. The van der Waals surface area contributed by atoms with Gasteiger partial charge in [0.2, 0.25) is 0 Å². The number of para-hydroxylation sites is 1. The molecule has 7 heteroatoms. The zero-order chi connectivity index (χ0) is 20.1. The van der Waals surface area contributed by atoms with Crippen LogP contribution in [0.5, 0.6) is 0 Å². The van der Waals surface area contributed by atoms with Crippen molar-refractivity contribution in [2.24, 2.45) is 0 Å². The first-order valence-electron chi connectivity index (χ1n) is 9.14. The molecule has 2 N–H and O–H groups in total. The molecule has 0 unspecified atom stereocenters. The standard InChI is InChI=1S/C21H22N4O3/c1-4-14-7-6-8-15(5-2)19(14)24-21(27)17-12-16(9-10-22-17)20(26)23-18-11-13(3)28-25-18/h6-12H,4-5H2,1-3H3,(H,24,27)(H,23,25,26). The molecule has 0 atom stereocenters. The summed E-state index contributed by atoms with van der Waals surface area (Å²) in [4.78, 5) is 29.3. The van der Waals surface area contributed by atoms with Crippen LogP contribution in [-0.2, 0) is 12.8 Å². The van der Waals surface area contributed by atoms with Gasteiger partial charge in [-0.05, 0) is 43.0 Å². The molecule has 0 bridgehead atoms. The summed E-state index contributed by atoms with van der Waals surface area (Å²) < 4.78 is 4.93. The number of carbonyl (C=O) groups excluding carboxylic acids is 2. The molecule has 7 nitrogen and oxygen atoms in total. The lowest BCUT2D eigenvalue weighted by Gasteiger charge is -2.14. The highest BCUT2D eigenvalue weighted by atomic mass is 16.5. The highest BCUT2D eigenvalue weighted by Crippen LogP contribution is 2.23. The molecular formula is C21H22N4O3. The van der Waals surface area contributed by atoms with Gasteiger partial charge in [0.1, 0.15) is 11.5 Å². The second-order valence-corrected chi connectivity index (χ2v) is 6.32. The molecule has 0 saturated carbocycles. The molecule has 0 aliphatic rings. The maximum Gasteiger partial charge on any atom is 0.274 e. The van der Waals surface area contributed by atoms with Crippen LogP contribution in [0.2, 0.25) is 0 Å². The first-order valence-corrected chi connectivity index (χ1v) is 9.14. The number of pyridine rings is 1. The van der Waals surface area contributed by atoms with Crippen LogP contribution in [0.15, 0.2) is 47.1 Å². The van der Waals surface area contributed by atoms with E-state index in [2.05, 4.69) is 20.8 Å². The lowest BCUT2D eigenvalue weighted by Crippen LogP contribution is -2.18. The van der Waals surface area contributed by atoms with Crippen molar-refractivity contribution in [3.63, 3.8) is 0 Å². The van der Waals surface area contributed by atoms with Crippen molar-refractivity contribution in [3.8, 4) is 0 Å². The minimum atomic E-state index is -0.395. The Hall–Kier alpha value is -3.48. The van der Waals surface area contributed by atoms with Crippen molar-refractivity contribution in [1.29, 1.82) is 0 Å². The van der Waals surface area contributed by atoms with Crippen LogP contribution in [0.4, 0.5) is 11.5 Å². The van der Waals surface area contributed by atoms with Gasteiger partial charge in [-0.2, -0.15) is 0 Å². The minimum Gasteiger partial charge on any atom is -0.360 e. The predicted molar refractivity (Wildman–Crippen MR) is 107 cm³/mol. The number of anilines is 2. The largest absolute Gasteiger partial charge is 0.360 e. The van der Waals surface area contributed by atoms with E-state index in [4.69, 9.17) is 4.52 Å². The van der Waals surface area contributed by atoms with Crippen molar-refractivity contribution in [2.45, 2.75) is 33.6 Å². The van der Waals surface area contributed by atoms with Crippen LogP contribution < -0.4 is 10.6 Å². The zero-order valence-electron chi connectivity index (χ0n) is 16.1. The number of nitrogens with one attached hydrogen (secondary N) is 2. The van der Waals surface area contributed by atoms with E-state index in [0.717, 1.165) is 29.7 Å². The number of amides is 2. The van der Waals surface area contributed by atoms with E-state index in [9.17, 15) is 9.59 Å². The molecule has 3 aromatic rings. The van der Waals surface area contributed by atoms with Gasteiger partial charge >= 0.3 is 0 Å². The smallest absolute Gasteiger partial charge is 0.274 e. The van der Waals surface area contributed by atoms with E-state index >= 15 is 0 Å². The molecule has 1 aromatic carbocycles. The Labute approximate surface area is 163 Å². The maximum absolute atomic E-state index is 12.8. The monoisotopic (exact) mass is 378 g/mol. The summed E-state index contributed by atoms with van der Waals surface area (Å²) in [5.41, 5.74) is 3.40. The quantitative estimate of drug-likeness (QED) is 0.675. The van der Waals surface area contributed by atoms with Gasteiger partial charge in [-0.15, -0.1) is 0 Å². The van der Waals surface area contributed by atoms with Gasteiger partial charge in [0, 0.05) is 23.5 Å². The average Bonchev–Trinajstić information content (AvgIpc) is 3.12. The van der Waals surface area contributed by atoms with Crippen LogP contribution in [0.1, 0.15) is 51.6 Å². The Bertz CT molecular complexity index is 988. The molecule has 3 rings (SSSR count). The zero-order valence-corrected chi connectivity index (χ0v) is 16.1. The van der Waals surface area contributed by atoms with Gasteiger partial charge in [0.25, 0.3) is 11.8 Å². The molecule has 28 heavy (non-hydrogen) atoms. The number of rotatable bonds is 6. The molecule has 0 radical (unpaired) electrons. The Balaban J connectivity index is 1.80. The van der Waals surface area contributed by atoms with Crippen LogP contribution >= 0.6 is 0 Å². The van der Waals surface area contributed by atoms with E-state index in [1.807, 2.05) is 32.0 Å². The molecule has 0 aliphatic heterocycles. The minimum absolute atomic E-state index is 0.164. The van der Waals surface area contributed by atoms with Crippen molar-refractivity contribution < 1.29 is 14.1 Å². The second kappa shape index (κ2) is 8.47. The summed E-state index contributed by atoms with van der Waals surface area (Å²) in [7, 11) is 0. The van der Waals surface area contributed by atoms with Crippen LogP contribution in [0, 0.1) is 6.92 Å². The highest BCUT2D eigenvalue weighted by Gasteiger charge is 2.16. The number of carbonyl (C=O) groups is 2. The fourth-order valence-electron chi connectivity index (χ4n) is 2.89. The number of aryl methyl sites for hydroxylation is 3. The number of nitrogens with zero attached hydrogens (tertiary/aromatic N) is 2. The fourth-order valence-corrected chi connectivity index (χ4v) is 2.89. The van der Waals surface area contributed by atoms with Gasteiger partial charge in [0.15, 0.2) is 5.82 Å². The lowest BCUT2D eigenvalue weighted by atomic mass is 10.0. The summed E-state index contributed by atoms with van der Waals surface area (Å²) in [6, 6.07) is 10.6. The molecule has 2 amide bonds. The Morgan fingerprint density at radius 2 is 1.71 bits per heavy atom. The first-order chi connectivity index (χ1) is 13.5. The molecule has 0 aliphatic carbocycles. The second-order valence-electron chi connectivity index (χ2n) is 6.32. The first kappa shape index (κ1) is 19.3. The third-order valence-corrected chi connectivity index (χ3v) is 4.36. The maximum atomic E-state index is 12.8. The Morgan fingerprint density at radius 1 is 1.00 bits per heavy atom. The van der Waals surface area contributed by atoms with Crippen LogP contribution in [0.3, 0.4) is 0 Å². The summed E-state index contributed by atoms with van der Waals surface area (Å²) in [6.07, 6.45) is 3.04. The van der Waals surface area contributed by atoms with E-state index in [0.29, 0.717) is 17.1 Å². The van der Waals surface area contributed by atoms with Crippen molar-refractivity contribution in [2.75, 3.05) is 10.6 Å². The number of hydrogen-bond donors (Lipinski definition) is 2. The summed E-state index contributed by atoms with van der Waals surface area (Å²) in [5, 5.41) is 9.32. The number of aromatic nitrogens is 2. The van der Waals surface area contributed by atoms with Gasteiger partial charge in [-0.3, -0.25) is 14.6 Å². The van der Waals surface area contributed by atoms with Crippen molar-refractivity contribution in [3.05, 3.63) is 70.7 Å². The fraction of sp³-hybridized carbons (Fsp3) is 0.238. The summed E-state index contributed by atoms with van der Waals surface area (Å²) in [6.45, 7) is 5.81. The van der Waals surface area contributed by atoms with Gasteiger partial charge in [0.05, 0.1) is 0 Å². The third-order valence-electron chi connectivity index (χ3n) is 4.36. The number of benzene rings is 1. The lowest BCUT2D eigenvalue weighted by molar-refractivity contribution is 0.102. The molecule has 0 saturated heterocycles. The van der Waals surface area contributed by atoms with Crippen LogP contribution in [-0.4, -0.2) is 22.0 Å². The molecule has 2 heterocycles. The average molecular weight is 378 g/mol. The van der Waals surface area contributed by atoms with Gasteiger partial charge < -0.3 is 15.2 Å². The highest BCUT2D eigenvalue weighted by molar-refractivity contribution is 6.08. The normalized spacial score (nSPS) is 10.5. The van der Waals surface area contributed by atoms with Gasteiger partial charge in [-0.25, -0.2) is 0 Å². The molecular weight excluding hydrogens is 356 g/mol. The topological polar surface area (TPSA) is 97.1 Å². The summed E-state index contributed by atoms with van der Waals surface area (Å²) >= 11 is 0. The number of hydrogen-bond acceptors (Lipinski definition) is 5. The van der Waals surface area contributed by atoms with Crippen molar-refractivity contribution in [1.82, 2.24) is 10.1 Å². The van der Waals surface area contributed by atoms with Gasteiger partial charge in [-0.1, -0.05) is 37.2 Å². The summed E-state index contributed by atoms with van der Waals surface area (Å²) in [5.74, 6) is 0.150. The molecule has 0 fully saturated rings. The SMILES string of the molecule is CCc1cccc(CC)c1NC(=O)c1cc(C(=O)Nc2cc(C)on2)ccn1. The van der Waals surface area contributed by atoms with E-state index < -0.39 is 5.91 Å². The predicted octanol–water partition coefficient (Wildman–Crippen LogP) is 4.01.